The summed E-state index contributed by atoms with van der Waals surface area (Å²) in [4.78, 5) is 30.4. The average molecular weight is 446 g/mol. The van der Waals surface area contributed by atoms with Gasteiger partial charge in [0, 0.05) is 29.8 Å². The van der Waals surface area contributed by atoms with E-state index in [1.54, 1.807) is 35.4 Å². The number of aromatic amines is 1. The number of hydrogen-bond acceptors (Lipinski definition) is 6. The Morgan fingerprint density at radius 3 is 2.78 bits per heavy atom. The quantitative estimate of drug-likeness (QED) is 0.246. The zero-order valence-corrected chi connectivity index (χ0v) is 18.0. The maximum atomic E-state index is 13.1. The summed E-state index contributed by atoms with van der Waals surface area (Å²) in [5.41, 5.74) is 3.70. The smallest absolute Gasteiger partial charge is 0.270 e. The van der Waals surface area contributed by atoms with Gasteiger partial charge in [-0.05, 0) is 36.9 Å². The summed E-state index contributed by atoms with van der Waals surface area (Å²) in [6.07, 6.45) is 4.96. The van der Waals surface area contributed by atoms with Crippen LogP contribution >= 0.6 is 11.8 Å². The molecular weight excluding hydrogens is 426 g/mol. The minimum absolute atomic E-state index is 0.0216. The molecule has 1 amide bonds. The topological polar surface area (TPSA) is 104 Å². The number of carbonyl (C=O) groups is 1. The van der Waals surface area contributed by atoms with Crippen molar-refractivity contribution in [1.82, 2.24) is 15.1 Å². The summed E-state index contributed by atoms with van der Waals surface area (Å²) in [7, 11) is 0. The molecule has 1 aromatic heterocycles. The highest BCUT2D eigenvalue weighted by Gasteiger charge is 2.33. The first-order chi connectivity index (χ1) is 15.5. The first kappa shape index (κ1) is 21.3. The lowest BCUT2D eigenvalue weighted by Crippen LogP contribution is -2.29. The second kappa shape index (κ2) is 9.03. The number of nitro groups is 1. The summed E-state index contributed by atoms with van der Waals surface area (Å²) in [5.74, 6) is -0.188. The number of aliphatic imine (C=N–C) groups is 1. The molecule has 0 aliphatic carbocycles. The highest BCUT2D eigenvalue weighted by molar-refractivity contribution is 8.18. The molecule has 1 fully saturated rings. The maximum absolute atomic E-state index is 13.1. The third-order valence-electron chi connectivity index (χ3n) is 4.76. The number of rotatable bonds is 6. The predicted octanol–water partition coefficient (Wildman–Crippen LogP) is 5.08. The van der Waals surface area contributed by atoms with Gasteiger partial charge in [0.15, 0.2) is 5.17 Å². The van der Waals surface area contributed by atoms with Crippen LogP contribution in [0.1, 0.15) is 11.1 Å². The Bertz CT molecular complexity index is 1260. The van der Waals surface area contributed by atoms with Gasteiger partial charge in [-0.15, -0.1) is 6.58 Å². The number of benzene rings is 2. The fourth-order valence-corrected chi connectivity index (χ4v) is 4.16. The first-order valence-corrected chi connectivity index (χ1v) is 10.5. The van der Waals surface area contributed by atoms with Crippen molar-refractivity contribution < 1.29 is 9.72 Å². The summed E-state index contributed by atoms with van der Waals surface area (Å²) >= 11 is 1.27. The Kier molecular flexibility index (Phi) is 6.00. The lowest BCUT2D eigenvalue weighted by Gasteiger charge is -2.12. The van der Waals surface area contributed by atoms with E-state index >= 15 is 0 Å². The zero-order chi connectivity index (χ0) is 22.7. The van der Waals surface area contributed by atoms with Crippen LogP contribution in [-0.4, -0.2) is 37.6 Å². The van der Waals surface area contributed by atoms with Crippen molar-refractivity contribution >= 4 is 40.3 Å². The van der Waals surface area contributed by atoms with Gasteiger partial charge < -0.3 is 0 Å². The van der Waals surface area contributed by atoms with Gasteiger partial charge in [0.2, 0.25) is 0 Å². The number of nitrogens with zero attached hydrogens (tertiary/aromatic N) is 4. The Morgan fingerprint density at radius 2 is 2.06 bits per heavy atom. The second-order valence-corrected chi connectivity index (χ2v) is 8.06. The molecule has 0 atom stereocenters. The largest absolute Gasteiger partial charge is 0.283 e. The van der Waals surface area contributed by atoms with Gasteiger partial charge in [0.25, 0.3) is 11.6 Å². The highest BCUT2D eigenvalue weighted by atomic mass is 32.2. The van der Waals surface area contributed by atoms with Crippen LogP contribution in [0.2, 0.25) is 0 Å². The SMILES string of the molecule is C=CCN1C(=O)/C(=C/c2cn[nH]c2-c2cccc([N+](=O)[O-])c2)SC1=Nc1ccc(C)cc1. The molecule has 1 N–H and O–H groups in total. The van der Waals surface area contributed by atoms with Crippen LogP contribution in [-0.2, 0) is 4.79 Å². The van der Waals surface area contributed by atoms with Crippen LogP contribution < -0.4 is 0 Å². The van der Waals surface area contributed by atoms with E-state index in [9.17, 15) is 14.9 Å². The number of carbonyl (C=O) groups excluding carboxylic acids is 1. The molecule has 0 unspecified atom stereocenters. The van der Waals surface area contributed by atoms with Gasteiger partial charge >= 0.3 is 0 Å². The van der Waals surface area contributed by atoms with E-state index in [1.165, 1.54) is 23.9 Å². The summed E-state index contributed by atoms with van der Waals surface area (Å²) in [6.45, 7) is 6.07. The number of aromatic nitrogens is 2. The molecule has 0 saturated carbocycles. The molecular formula is C23H19N5O3S. The predicted molar refractivity (Wildman–Crippen MR) is 126 cm³/mol. The molecule has 3 aromatic rings. The van der Waals surface area contributed by atoms with Crippen molar-refractivity contribution in [2.75, 3.05) is 6.54 Å². The first-order valence-electron chi connectivity index (χ1n) is 9.72. The summed E-state index contributed by atoms with van der Waals surface area (Å²) in [6, 6.07) is 14.0. The maximum Gasteiger partial charge on any atom is 0.270 e. The van der Waals surface area contributed by atoms with E-state index in [-0.39, 0.29) is 11.6 Å². The van der Waals surface area contributed by atoms with Crippen molar-refractivity contribution in [1.29, 1.82) is 0 Å². The summed E-state index contributed by atoms with van der Waals surface area (Å²) < 4.78 is 0. The highest BCUT2D eigenvalue weighted by Crippen LogP contribution is 2.35. The van der Waals surface area contributed by atoms with Crippen LogP contribution in [0.15, 0.2) is 77.3 Å². The minimum atomic E-state index is -0.449. The Morgan fingerprint density at radius 1 is 1.28 bits per heavy atom. The molecule has 32 heavy (non-hydrogen) atoms. The monoisotopic (exact) mass is 445 g/mol. The van der Waals surface area contributed by atoms with Gasteiger partial charge in [0.1, 0.15) is 0 Å². The summed E-state index contributed by atoms with van der Waals surface area (Å²) in [5, 5.41) is 18.6. The van der Waals surface area contributed by atoms with Gasteiger partial charge in [-0.25, -0.2) is 4.99 Å². The Labute approximate surface area is 188 Å². The number of nitrogens with one attached hydrogen (secondary N) is 1. The standard InChI is InChI=1S/C23H19N5O3S/c1-3-11-27-22(29)20(32-23(27)25-18-9-7-15(2)8-10-18)13-17-14-24-26-21(17)16-5-4-6-19(12-16)28(30)31/h3-10,12-14H,1,11H2,2H3,(H,24,26)/b20-13-,25-23?. The number of H-pyrrole nitrogens is 1. The number of amides is 1. The number of hydrogen-bond donors (Lipinski definition) is 1. The van der Waals surface area contributed by atoms with Crippen LogP contribution in [0.4, 0.5) is 11.4 Å². The van der Waals surface area contributed by atoms with Gasteiger partial charge in [-0.1, -0.05) is 35.9 Å². The average Bonchev–Trinajstić information content (AvgIpc) is 3.36. The van der Waals surface area contributed by atoms with Crippen LogP contribution in [0, 0.1) is 17.0 Å². The second-order valence-electron chi connectivity index (χ2n) is 7.05. The molecule has 160 valence electrons. The molecule has 4 rings (SSSR count). The normalized spacial score (nSPS) is 16.2. The number of aryl methyl sites for hydroxylation is 1. The van der Waals surface area contributed by atoms with E-state index in [0.29, 0.717) is 33.4 Å². The molecule has 0 spiro atoms. The van der Waals surface area contributed by atoms with Gasteiger partial charge in [-0.3, -0.25) is 24.9 Å². The number of amidine groups is 1. The fraction of sp³-hybridized carbons (Fsp3) is 0.0870. The van der Waals surface area contributed by atoms with E-state index in [0.717, 1.165) is 11.3 Å². The van der Waals surface area contributed by atoms with Crippen LogP contribution in [0.5, 0.6) is 0 Å². The molecule has 0 bridgehead atoms. The molecule has 2 aromatic carbocycles. The zero-order valence-electron chi connectivity index (χ0n) is 17.2. The third-order valence-corrected chi connectivity index (χ3v) is 5.77. The van der Waals surface area contributed by atoms with E-state index in [1.807, 2.05) is 31.2 Å². The number of thioether (sulfide) groups is 1. The van der Waals surface area contributed by atoms with Crippen molar-refractivity contribution in [2.24, 2.45) is 4.99 Å². The Hall–Kier alpha value is -3.98. The fourth-order valence-electron chi connectivity index (χ4n) is 3.16. The number of nitro benzene ring substituents is 1. The molecule has 1 saturated heterocycles. The molecule has 2 heterocycles. The lowest BCUT2D eigenvalue weighted by atomic mass is 10.1. The third kappa shape index (κ3) is 4.37. The Balaban J connectivity index is 1.69. The van der Waals surface area contributed by atoms with Gasteiger partial charge in [-0.2, -0.15) is 5.10 Å². The van der Waals surface area contributed by atoms with Crippen molar-refractivity contribution in [3.05, 3.63) is 93.5 Å². The van der Waals surface area contributed by atoms with Crippen LogP contribution in [0.25, 0.3) is 17.3 Å². The minimum Gasteiger partial charge on any atom is -0.283 e. The number of non-ortho nitro benzene ring substituents is 1. The van der Waals surface area contributed by atoms with Crippen molar-refractivity contribution in [3.63, 3.8) is 0 Å². The molecule has 1 aliphatic heterocycles. The van der Waals surface area contributed by atoms with Crippen LogP contribution in [0.3, 0.4) is 0 Å². The van der Waals surface area contributed by atoms with Crippen molar-refractivity contribution in [2.45, 2.75) is 6.92 Å². The van der Waals surface area contributed by atoms with Crippen molar-refractivity contribution in [3.8, 4) is 11.3 Å². The lowest BCUT2D eigenvalue weighted by molar-refractivity contribution is -0.384. The molecule has 1 aliphatic rings. The van der Waals surface area contributed by atoms with E-state index < -0.39 is 4.92 Å². The molecule has 8 nitrogen and oxygen atoms in total. The van der Waals surface area contributed by atoms with E-state index in [4.69, 9.17) is 0 Å². The molecule has 9 heteroatoms. The van der Waals surface area contributed by atoms with Gasteiger partial charge in [0.05, 0.1) is 27.4 Å². The molecule has 0 radical (unpaired) electrons. The van der Waals surface area contributed by atoms with E-state index in [2.05, 4.69) is 21.8 Å².